The molecule has 1 rings (SSSR count). The van der Waals surface area contributed by atoms with E-state index in [-0.39, 0.29) is 5.56 Å². The first-order valence-corrected chi connectivity index (χ1v) is 7.04. The fourth-order valence-electron chi connectivity index (χ4n) is 1.60. The minimum absolute atomic E-state index is 0.0130. The molecule has 0 saturated carbocycles. The highest BCUT2D eigenvalue weighted by Crippen LogP contribution is 2.23. The molecule has 8 heteroatoms. The molecule has 106 valence electrons. The zero-order valence-corrected chi connectivity index (χ0v) is 10.7. The number of carbonyl (C=O) groups is 1. The van der Waals surface area contributed by atoms with Gasteiger partial charge in [0.2, 0.25) is 5.91 Å². The van der Waals surface area contributed by atoms with Crippen molar-refractivity contribution in [3.63, 3.8) is 0 Å². The SMILES string of the molecule is NC(=O)C(c1ccc(F)cc1)S(=O)(=O)CC(O)CO. The van der Waals surface area contributed by atoms with Crippen molar-refractivity contribution in [1.29, 1.82) is 0 Å². The summed E-state index contributed by atoms with van der Waals surface area (Å²) in [4.78, 5) is 11.3. The highest BCUT2D eigenvalue weighted by Gasteiger charge is 2.34. The third-order valence-electron chi connectivity index (χ3n) is 2.43. The van der Waals surface area contributed by atoms with Gasteiger partial charge in [-0.05, 0) is 17.7 Å². The van der Waals surface area contributed by atoms with Crippen LogP contribution in [-0.4, -0.2) is 43.0 Å². The van der Waals surface area contributed by atoms with E-state index in [1.54, 1.807) is 0 Å². The second kappa shape index (κ2) is 6.09. The van der Waals surface area contributed by atoms with Crippen LogP contribution in [0.1, 0.15) is 10.8 Å². The molecular formula is C11H14FNO5S. The van der Waals surface area contributed by atoms with Gasteiger partial charge in [0.15, 0.2) is 15.1 Å². The Labute approximate surface area is 109 Å². The van der Waals surface area contributed by atoms with Gasteiger partial charge in [-0.3, -0.25) is 4.79 Å². The predicted octanol–water partition coefficient (Wildman–Crippen LogP) is -0.880. The molecule has 0 spiro atoms. The molecule has 1 aromatic rings. The van der Waals surface area contributed by atoms with Gasteiger partial charge in [-0.15, -0.1) is 0 Å². The number of amides is 1. The standard InChI is InChI=1S/C11H14FNO5S/c12-8-3-1-7(2-4-8)10(11(13)16)19(17,18)6-9(15)5-14/h1-4,9-10,14-15H,5-6H2,(H2,13,16). The molecule has 1 amide bonds. The molecule has 0 fully saturated rings. The molecule has 0 aliphatic carbocycles. The van der Waals surface area contributed by atoms with Crippen LogP contribution in [0.5, 0.6) is 0 Å². The lowest BCUT2D eigenvalue weighted by Gasteiger charge is -2.16. The Morgan fingerprint density at radius 2 is 1.84 bits per heavy atom. The summed E-state index contributed by atoms with van der Waals surface area (Å²) in [6.45, 7) is -0.756. The molecule has 0 aromatic heterocycles. The van der Waals surface area contributed by atoms with Crippen molar-refractivity contribution < 1.29 is 27.8 Å². The van der Waals surface area contributed by atoms with Gasteiger partial charge >= 0.3 is 0 Å². The van der Waals surface area contributed by atoms with Crippen molar-refractivity contribution in [1.82, 2.24) is 0 Å². The Morgan fingerprint density at radius 3 is 2.26 bits per heavy atom. The van der Waals surface area contributed by atoms with Gasteiger partial charge in [0.25, 0.3) is 0 Å². The Kier molecular flexibility index (Phi) is 4.98. The fraction of sp³-hybridized carbons (Fsp3) is 0.364. The maximum atomic E-state index is 12.8. The van der Waals surface area contributed by atoms with Crippen molar-refractivity contribution in [3.8, 4) is 0 Å². The van der Waals surface area contributed by atoms with Crippen LogP contribution in [0, 0.1) is 5.82 Å². The van der Waals surface area contributed by atoms with Crippen LogP contribution in [0.15, 0.2) is 24.3 Å². The Morgan fingerprint density at radius 1 is 1.32 bits per heavy atom. The number of aliphatic hydroxyl groups is 2. The third-order valence-corrected chi connectivity index (χ3v) is 4.50. The molecule has 0 saturated heterocycles. The minimum Gasteiger partial charge on any atom is -0.394 e. The van der Waals surface area contributed by atoms with Crippen LogP contribution in [-0.2, 0) is 14.6 Å². The average molecular weight is 291 g/mol. The summed E-state index contributed by atoms with van der Waals surface area (Å²) in [5.74, 6) is -2.52. The molecule has 0 aliphatic rings. The van der Waals surface area contributed by atoms with Crippen LogP contribution in [0.4, 0.5) is 4.39 Å². The van der Waals surface area contributed by atoms with Crippen molar-refractivity contribution in [2.75, 3.05) is 12.4 Å². The van der Waals surface area contributed by atoms with E-state index in [4.69, 9.17) is 10.8 Å². The molecule has 2 unspecified atom stereocenters. The first-order valence-electron chi connectivity index (χ1n) is 5.33. The fourth-order valence-corrected chi connectivity index (χ4v) is 3.36. The molecule has 19 heavy (non-hydrogen) atoms. The summed E-state index contributed by atoms with van der Waals surface area (Å²) in [5.41, 5.74) is 5.07. The molecule has 0 bridgehead atoms. The molecule has 6 nitrogen and oxygen atoms in total. The molecule has 2 atom stereocenters. The van der Waals surface area contributed by atoms with Gasteiger partial charge < -0.3 is 15.9 Å². The molecular weight excluding hydrogens is 277 g/mol. The first-order chi connectivity index (χ1) is 8.77. The van der Waals surface area contributed by atoms with Gasteiger partial charge in [0.05, 0.1) is 18.5 Å². The van der Waals surface area contributed by atoms with Crippen LogP contribution < -0.4 is 5.73 Å². The Hall–Kier alpha value is -1.51. The zero-order chi connectivity index (χ0) is 14.6. The molecule has 1 aromatic carbocycles. The smallest absolute Gasteiger partial charge is 0.240 e. The molecule has 4 N–H and O–H groups in total. The van der Waals surface area contributed by atoms with E-state index in [0.29, 0.717) is 0 Å². The molecule has 0 aliphatic heterocycles. The summed E-state index contributed by atoms with van der Waals surface area (Å²) in [5, 5.41) is 16.1. The van der Waals surface area contributed by atoms with Crippen molar-refractivity contribution in [2.24, 2.45) is 5.73 Å². The number of halogens is 1. The van der Waals surface area contributed by atoms with Crippen LogP contribution in [0.25, 0.3) is 0 Å². The van der Waals surface area contributed by atoms with E-state index in [2.05, 4.69) is 0 Å². The lowest BCUT2D eigenvalue weighted by Crippen LogP contribution is -2.34. The van der Waals surface area contributed by atoms with Gasteiger partial charge in [-0.25, -0.2) is 12.8 Å². The number of rotatable bonds is 6. The quantitative estimate of drug-likeness (QED) is 0.629. The monoisotopic (exact) mass is 291 g/mol. The predicted molar refractivity (Wildman–Crippen MR) is 65.2 cm³/mol. The normalized spacial score (nSPS) is 14.9. The Balaban J connectivity index is 3.14. The molecule has 0 heterocycles. The van der Waals surface area contributed by atoms with E-state index >= 15 is 0 Å². The van der Waals surface area contributed by atoms with Gasteiger partial charge in [0, 0.05) is 0 Å². The number of primary amides is 1. The number of carbonyl (C=O) groups excluding carboxylic acids is 1. The largest absolute Gasteiger partial charge is 0.394 e. The lowest BCUT2D eigenvalue weighted by molar-refractivity contribution is -0.117. The van der Waals surface area contributed by atoms with E-state index in [1.807, 2.05) is 0 Å². The second-order valence-corrected chi connectivity index (χ2v) is 6.13. The third kappa shape index (κ3) is 3.98. The lowest BCUT2D eigenvalue weighted by atomic mass is 10.1. The van der Waals surface area contributed by atoms with Gasteiger partial charge in [0.1, 0.15) is 5.82 Å². The van der Waals surface area contributed by atoms with Gasteiger partial charge in [-0.2, -0.15) is 0 Å². The number of benzene rings is 1. The maximum absolute atomic E-state index is 12.8. The topological polar surface area (TPSA) is 118 Å². The maximum Gasteiger partial charge on any atom is 0.240 e. The summed E-state index contributed by atoms with van der Waals surface area (Å²) in [6.07, 6.45) is -1.51. The number of hydrogen-bond donors (Lipinski definition) is 3. The highest BCUT2D eigenvalue weighted by molar-refractivity contribution is 7.92. The summed E-state index contributed by atoms with van der Waals surface area (Å²) < 4.78 is 36.7. The van der Waals surface area contributed by atoms with Crippen molar-refractivity contribution >= 4 is 15.7 Å². The van der Waals surface area contributed by atoms with Crippen LogP contribution >= 0.6 is 0 Å². The number of aliphatic hydroxyl groups excluding tert-OH is 2. The summed E-state index contributed by atoms with van der Waals surface area (Å²) >= 11 is 0. The molecule has 0 radical (unpaired) electrons. The van der Waals surface area contributed by atoms with E-state index in [1.165, 1.54) is 0 Å². The minimum atomic E-state index is -4.11. The highest BCUT2D eigenvalue weighted by atomic mass is 32.2. The Bertz CT molecular complexity index is 543. The number of hydrogen-bond acceptors (Lipinski definition) is 5. The summed E-state index contributed by atoms with van der Waals surface area (Å²) in [7, 11) is -4.11. The van der Waals surface area contributed by atoms with E-state index in [0.717, 1.165) is 24.3 Å². The number of nitrogens with two attached hydrogens (primary N) is 1. The summed E-state index contributed by atoms with van der Waals surface area (Å²) in [6, 6.07) is 4.27. The van der Waals surface area contributed by atoms with E-state index < -0.39 is 45.3 Å². The van der Waals surface area contributed by atoms with Gasteiger partial charge in [-0.1, -0.05) is 12.1 Å². The number of sulfone groups is 1. The first kappa shape index (κ1) is 15.5. The van der Waals surface area contributed by atoms with Crippen molar-refractivity contribution in [3.05, 3.63) is 35.6 Å². The van der Waals surface area contributed by atoms with Crippen molar-refractivity contribution in [2.45, 2.75) is 11.4 Å². The second-order valence-electron chi connectivity index (χ2n) is 4.00. The van der Waals surface area contributed by atoms with Crippen LogP contribution in [0.2, 0.25) is 0 Å². The zero-order valence-electron chi connectivity index (χ0n) is 9.86. The average Bonchev–Trinajstić information content (AvgIpc) is 2.30. The van der Waals surface area contributed by atoms with Crippen LogP contribution in [0.3, 0.4) is 0 Å². The van der Waals surface area contributed by atoms with E-state index in [9.17, 15) is 22.7 Å².